The van der Waals surface area contributed by atoms with Gasteiger partial charge in [0.25, 0.3) is 0 Å². The van der Waals surface area contributed by atoms with Gasteiger partial charge in [-0.1, -0.05) is 24.3 Å². The number of urea groups is 1. The van der Waals surface area contributed by atoms with Crippen LogP contribution >= 0.6 is 0 Å². The molecule has 2 amide bonds. The topological polar surface area (TPSA) is 59.0 Å². The number of aryl methyl sites for hydroxylation is 2. The van der Waals surface area contributed by atoms with Crippen LogP contribution in [0.3, 0.4) is 0 Å². The second-order valence-electron chi connectivity index (χ2n) is 7.22. The molecule has 1 atom stereocenters. The first-order valence-corrected chi connectivity index (χ1v) is 9.06. The largest absolute Gasteiger partial charge is 0.335 e. The van der Waals surface area contributed by atoms with E-state index in [1.807, 2.05) is 25.6 Å². The van der Waals surface area contributed by atoms with E-state index in [1.54, 1.807) is 0 Å². The first-order chi connectivity index (χ1) is 11.9. The minimum atomic E-state index is -0.127. The molecule has 1 aromatic carbocycles. The van der Waals surface area contributed by atoms with Gasteiger partial charge in [-0.3, -0.25) is 4.68 Å². The maximum Gasteiger partial charge on any atom is 0.315 e. The predicted octanol–water partition coefficient (Wildman–Crippen LogP) is 3.34. The highest BCUT2D eigenvalue weighted by molar-refractivity contribution is 5.74. The summed E-state index contributed by atoms with van der Waals surface area (Å²) < 4.78 is 1.89. The quantitative estimate of drug-likeness (QED) is 0.847. The van der Waals surface area contributed by atoms with Crippen molar-refractivity contribution < 1.29 is 4.79 Å². The average molecular weight is 340 g/mol. The molecular formula is C20H28N4O. The molecule has 3 rings (SSSR count). The molecule has 2 aromatic rings. The van der Waals surface area contributed by atoms with Gasteiger partial charge in [-0.15, -0.1) is 0 Å². The Morgan fingerprint density at radius 3 is 2.52 bits per heavy atom. The van der Waals surface area contributed by atoms with Gasteiger partial charge in [-0.25, -0.2) is 4.79 Å². The normalized spacial score (nSPS) is 15.0. The zero-order valence-corrected chi connectivity index (χ0v) is 15.6. The fourth-order valence-electron chi connectivity index (χ4n) is 3.25. The lowest BCUT2D eigenvalue weighted by Gasteiger charge is -2.15. The summed E-state index contributed by atoms with van der Waals surface area (Å²) in [7, 11) is 1.95. The summed E-state index contributed by atoms with van der Waals surface area (Å²) in [4.78, 5) is 12.1. The molecule has 0 unspecified atom stereocenters. The molecule has 5 heteroatoms. The Morgan fingerprint density at radius 2 is 1.96 bits per heavy atom. The third kappa shape index (κ3) is 4.41. The minimum absolute atomic E-state index is 0.0545. The van der Waals surface area contributed by atoms with E-state index in [1.165, 1.54) is 24.0 Å². The lowest BCUT2D eigenvalue weighted by atomic mass is 10.1. The monoisotopic (exact) mass is 340 g/mol. The van der Waals surface area contributed by atoms with E-state index in [4.69, 9.17) is 0 Å². The molecule has 25 heavy (non-hydrogen) atoms. The first-order valence-electron chi connectivity index (χ1n) is 9.06. The highest BCUT2D eigenvalue weighted by Crippen LogP contribution is 2.39. The molecule has 0 radical (unpaired) electrons. The molecule has 2 N–H and O–H groups in total. The Bertz CT molecular complexity index is 744. The number of nitrogens with zero attached hydrogens (tertiary/aromatic N) is 2. The number of benzene rings is 1. The molecule has 1 saturated carbocycles. The summed E-state index contributed by atoms with van der Waals surface area (Å²) in [6.07, 6.45) is 3.41. The molecule has 0 saturated heterocycles. The van der Waals surface area contributed by atoms with Gasteiger partial charge in [0, 0.05) is 25.3 Å². The molecule has 134 valence electrons. The molecule has 1 fully saturated rings. The Morgan fingerprint density at radius 1 is 1.28 bits per heavy atom. The van der Waals surface area contributed by atoms with Crippen LogP contribution in [0.25, 0.3) is 0 Å². The van der Waals surface area contributed by atoms with Crippen molar-refractivity contribution in [2.45, 2.75) is 58.5 Å². The van der Waals surface area contributed by atoms with Gasteiger partial charge in [-0.2, -0.15) is 5.10 Å². The van der Waals surface area contributed by atoms with Crippen LogP contribution in [0.5, 0.6) is 0 Å². The summed E-state index contributed by atoms with van der Waals surface area (Å²) in [5, 5.41) is 10.4. The zero-order valence-electron chi connectivity index (χ0n) is 15.6. The van der Waals surface area contributed by atoms with Crippen molar-refractivity contribution in [3.8, 4) is 0 Å². The standard InChI is InChI=1S/C20H28N4O/c1-13(11-19-14(2)23-24(4)15(19)3)22-20(25)21-12-16-5-7-17(8-6-16)18-9-10-18/h5-8,13,18H,9-12H2,1-4H3,(H2,21,22,25)/t13-/m0/s1. The van der Waals surface area contributed by atoms with Crippen molar-refractivity contribution in [2.24, 2.45) is 7.05 Å². The molecule has 1 aliphatic rings. The highest BCUT2D eigenvalue weighted by Gasteiger charge is 2.22. The fraction of sp³-hybridized carbons (Fsp3) is 0.500. The average Bonchev–Trinajstić information content (AvgIpc) is 3.39. The maximum atomic E-state index is 12.1. The van der Waals surface area contributed by atoms with Crippen LogP contribution in [-0.4, -0.2) is 21.9 Å². The van der Waals surface area contributed by atoms with Crippen LogP contribution in [0.2, 0.25) is 0 Å². The number of hydrogen-bond acceptors (Lipinski definition) is 2. The summed E-state index contributed by atoms with van der Waals surface area (Å²) in [5.41, 5.74) is 5.95. The van der Waals surface area contributed by atoms with Crippen LogP contribution in [0.4, 0.5) is 4.79 Å². The Labute approximate surface area is 149 Å². The van der Waals surface area contributed by atoms with Gasteiger partial charge >= 0.3 is 6.03 Å². The van der Waals surface area contributed by atoms with Crippen LogP contribution in [0.15, 0.2) is 24.3 Å². The van der Waals surface area contributed by atoms with Gasteiger partial charge in [0.1, 0.15) is 0 Å². The van der Waals surface area contributed by atoms with Crippen molar-refractivity contribution in [2.75, 3.05) is 0 Å². The molecule has 1 aromatic heterocycles. The molecular weight excluding hydrogens is 312 g/mol. The predicted molar refractivity (Wildman–Crippen MR) is 99.6 cm³/mol. The lowest BCUT2D eigenvalue weighted by molar-refractivity contribution is 0.237. The molecule has 1 aliphatic carbocycles. The Balaban J connectivity index is 1.46. The van der Waals surface area contributed by atoms with Crippen molar-refractivity contribution in [3.05, 3.63) is 52.3 Å². The van der Waals surface area contributed by atoms with Crippen LogP contribution in [0.1, 0.15) is 53.8 Å². The number of carbonyl (C=O) groups excluding carboxylic acids is 1. The third-order valence-electron chi connectivity index (χ3n) is 5.03. The van der Waals surface area contributed by atoms with Crippen LogP contribution in [-0.2, 0) is 20.0 Å². The molecule has 0 bridgehead atoms. The van der Waals surface area contributed by atoms with E-state index < -0.39 is 0 Å². The van der Waals surface area contributed by atoms with Gasteiger partial charge in [0.05, 0.1) is 5.69 Å². The SMILES string of the molecule is Cc1nn(C)c(C)c1C[C@H](C)NC(=O)NCc1ccc(C2CC2)cc1. The first kappa shape index (κ1) is 17.5. The smallest absolute Gasteiger partial charge is 0.315 e. The van der Waals surface area contributed by atoms with Crippen molar-refractivity contribution in [1.82, 2.24) is 20.4 Å². The van der Waals surface area contributed by atoms with Crippen molar-refractivity contribution in [1.29, 1.82) is 0 Å². The van der Waals surface area contributed by atoms with E-state index in [9.17, 15) is 4.79 Å². The molecule has 0 spiro atoms. The zero-order chi connectivity index (χ0) is 18.0. The molecule has 0 aliphatic heterocycles. The van der Waals surface area contributed by atoms with E-state index >= 15 is 0 Å². The number of hydrogen-bond donors (Lipinski definition) is 2. The number of nitrogens with one attached hydrogen (secondary N) is 2. The van der Waals surface area contributed by atoms with Gasteiger partial charge in [0.2, 0.25) is 0 Å². The van der Waals surface area contributed by atoms with Crippen LogP contribution in [0, 0.1) is 13.8 Å². The van der Waals surface area contributed by atoms with Crippen molar-refractivity contribution >= 4 is 6.03 Å². The molecule has 1 heterocycles. The number of carbonyl (C=O) groups is 1. The minimum Gasteiger partial charge on any atom is -0.335 e. The summed E-state index contributed by atoms with van der Waals surface area (Å²) in [5.74, 6) is 0.769. The summed E-state index contributed by atoms with van der Waals surface area (Å²) in [6.45, 7) is 6.65. The van der Waals surface area contributed by atoms with Gasteiger partial charge in [-0.05, 0) is 62.6 Å². The van der Waals surface area contributed by atoms with E-state index in [0.29, 0.717) is 6.54 Å². The van der Waals surface area contributed by atoms with Crippen molar-refractivity contribution in [3.63, 3.8) is 0 Å². The van der Waals surface area contributed by atoms with Crippen LogP contribution < -0.4 is 10.6 Å². The van der Waals surface area contributed by atoms with E-state index in [2.05, 4.69) is 46.9 Å². The maximum absolute atomic E-state index is 12.1. The van der Waals surface area contributed by atoms with Gasteiger partial charge in [0.15, 0.2) is 0 Å². The Hall–Kier alpha value is -2.30. The number of rotatable bonds is 6. The number of aromatic nitrogens is 2. The lowest BCUT2D eigenvalue weighted by Crippen LogP contribution is -2.41. The van der Waals surface area contributed by atoms with Gasteiger partial charge < -0.3 is 10.6 Å². The Kier molecular flexibility index (Phi) is 5.11. The number of amides is 2. The summed E-state index contributed by atoms with van der Waals surface area (Å²) >= 11 is 0. The fourth-order valence-corrected chi connectivity index (χ4v) is 3.25. The van der Waals surface area contributed by atoms with E-state index in [-0.39, 0.29) is 12.1 Å². The highest BCUT2D eigenvalue weighted by atomic mass is 16.2. The summed E-state index contributed by atoms with van der Waals surface area (Å²) in [6, 6.07) is 8.52. The second kappa shape index (κ2) is 7.30. The molecule has 5 nitrogen and oxygen atoms in total. The van der Waals surface area contributed by atoms with E-state index in [0.717, 1.165) is 29.3 Å². The third-order valence-corrected chi connectivity index (χ3v) is 5.03. The second-order valence-corrected chi connectivity index (χ2v) is 7.22.